The first-order valence-corrected chi connectivity index (χ1v) is 5.47. The number of carboxylic acid groups (broad SMARTS) is 1. The molecule has 0 aromatic rings. The van der Waals surface area contributed by atoms with Crippen LogP contribution in [0.25, 0.3) is 0 Å². The zero-order valence-electron chi connectivity index (χ0n) is 8.61. The molecule has 2 fully saturated rings. The lowest BCUT2D eigenvalue weighted by Crippen LogP contribution is -2.59. The molecule has 2 aliphatic heterocycles. The third-order valence-electron chi connectivity index (χ3n) is 3.25. The summed E-state index contributed by atoms with van der Waals surface area (Å²) >= 11 is 0. The van der Waals surface area contributed by atoms with Gasteiger partial charge in [-0.3, -0.25) is 9.69 Å². The highest BCUT2D eigenvalue weighted by Crippen LogP contribution is 2.21. The lowest BCUT2D eigenvalue weighted by Gasteiger charge is -2.39. The van der Waals surface area contributed by atoms with E-state index in [1.807, 2.05) is 0 Å². The fourth-order valence-corrected chi connectivity index (χ4v) is 2.24. The van der Waals surface area contributed by atoms with Gasteiger partial charge < -0.3 is 10.4 Å². The molecule has 2 unspecified atom stereocenters. The van der Waals surface area contributed by atoms with E-state index in [0.717, 1.165) is 25.8 Å². The Hall–Kier alpha value is -1.10. The molecule has 5 heteroatoms. The second-order valence-corrected chi connectivity index (χ2v) is 4.19. The van der Waals surface area contributed by atoms with Crippen LogP contribution in [-0.2, 0) is 4.79 Å². The fourth-order valence-electron chi connectivity index (χ4n) is 2.24. The van der Waals surface area contributed by atoms with Crippen LogP contribution in [0.3, 0.4) is 0 Å². The van der Waals surface area contributed by atoms with Gasteiger partial charge in [0.2, 0.25) is 0 Å². The van der Waals surface area contributed by atoms with E-state index >= 15 is 0 Å². The van der Waals surface area contributed by atoms with Crippen LogP contribution in [0.5, 0.6) is 0 Å². The van der Waals surface area contributed by atoms with Crippen molar-refractivity contribution in [3.8, 4) is 0 Å². The zero-order chi connectivity index (χ0) is 10.8. The largest absolute Gasteiger partial charge is 0.465 e. The van der Waals surface area contributed by atoms with Crippen molar-refractivity contribution in [1.82, 2.24) is 10.2 Å². The highest BCUT2D eigenvalue weighted by molar-refractivity contribution is 5.92. The monoisotopic (exact) mass is 212 g/mol. The topological polar surface area (TPSA) is 69.6 Å². The van der Waals surface area contributed by atoms with E-state index < -0.39 is 12.1 Å². The maximum Gasteiger partial charge on any atom is 0.407 e. The SMILES string of the molecule is O=C(C1CCCCN1)C1CCN1C(=O)O. The van der Waals surface area contributed by atoms with Gasteiger partial charge in [0, 0.05) is 6.54 Å². The van der Waals surface area contributed by atoms with Crippen LogP contribution in [0.1, 0.15) is 25.7 Å². The van der Waals surface area contributed by atoms with Gasteiger partial charge in [0.1, 0.15) is 0 Å². The summed E-state index contributed by atoms with van der Waals surface area (Å²) in [5.41, 5.74) is 0. The summed E-state index contributed by atoms with van der Waals surface area (Å²) in [5.74, 6) is 0.0587. The lowest BCUT2D eigenvalue weighted by molar-refractivity contribution is -0.130. The Bertz CT molecular complexity index is 274. The van der Waals surface area contributed by atoms with E-state index in [4.69, 9.17) is 5.11 Å². The Morgan fingerprint density at radius 1 is 1.27 bits per heavy atom. The number of Topliss-reactive ketones (excluding diaryl/α,β-unsaturated/α-hetero) is 1. The first-order chi connectivity index (χ1) is 7.20. The molecule has 2 heterocycles. The summed E-state index contributed by atoms with van der Waals surface area (Å²) in [4.78, 5) is 23.9. The average molecular weight is 212 g/mol. The summed E-state index contributed by atoms with van der Waals surface area (Å²) in [6.45, 7) is 1.37. The third kappa shape index (κ3) is 1.97. The molecule has 0 bridgehead atoms. The third-order valence-corrected chi connectivity index (χ3v) is 3.25. The van der Waals surface area contributed by atoms with Crippen molar-refractivity contribution in [2.45, 2.75) is 37.8 Å². The van der Waals surface area contributed by atoms with Crippen molar-refractivity contribution in [1.29, 1.82) is 0 Å². The van der Waals surface area contributed by atoms with Gasteiger partial charge in [-0.05, 0) is 25.8 Å². The highest BCUT2D eigenvalue weighted by Gasteiger charge is 2.40. The summed E-state index contributed by atoms with van der Waals surface area (Å²) < 4.78 is 0. The number of ketones is 1. The molecule has 84 valence electrons. The van der Waals surface area contributed by atoms with E-state index in [2.05, 4.69) is 5.32 Å². The molecule has 0 spiro atoms. The standard InChI is InChI=1S/C10H16N2O3/c13-9(7-3-1-2-5-11-7)8-4-6-12(8)10(14)15/h7-8,11H,1-6H2,(H,14,15). The van der Waals surface area contributed by atoms with Crippen LogP contribution in [-0.4, -0.2) is 47.1 Å². The molecular weight excluding hydrogens is 196 g/mol. The molecule has 2 atom stereocenters. The summed E-state index contributed by atoms with van der Waals surface area (Å²) in [6.07, 6.45) is 2.72. The van der Waals surface area contributed by atoms with Gasteiger partial charge in [-0.25, -0.2) is 4.79 Å². The molecular formula is C10H16N2O3. The maximum absolute atomic E-state index is 11.9. The van der Waals surface area contributed by atoms with Crippen molar-refractivity contribution in [2.24, 2.45) is 0 Å². The number of nitrogens with zero attached hydrogens (tertiary/aromatic N) is 1. The highest BCUT2D eigenvalue weighted by atomic mass is 16.4. The Morgan fingerprint density at radius 2 is 2.07 bits per heavy atom. The Morgan fingerprint density at radius 3 is 2.53 bits per heavy atom. The van der Waals surface area contributed by atoms with Crippen LogP contribution in [0.15, 0.2) is 0 Å². The van der Waals surface area contributed by atoms with E-state index in [0.29, 0.717) is 13.0 Å². The lowest BCUT2D eigenvalue weighted by atomic mass is 9.90. The van der Waals surface area contributed by atoms with Crippen LogP contribution < -0.4 is 5.32 Å². The van der Waals surface area contributed by atoms with Crippen LogP contribution in [0.4, 0.5) is 4.79 Å². The van der Waals surface area contributed by atoms with E-state index in [1.54, 1.807) is 0 Å². The summed E-state index contributed by atoms with van der Waals surface area (Å²) in [7, 11) is 0. The van der Waals surface area contributed by atoms with Gasteiger partial charge in [0.25, 0.3) is 0 Å². The predicted molar refractivity (Wildman–Crippen MR) is 53.8 cm³/mol. The molecule has 5 nitrogen and oxygen atoms in total. The molecule has 1 amide bonds. The van der Waals surface area contributed by atoms with Crippen molar-refractivity contribution in [2.75, 3.05) is 13.1 Å². The molecule has 15 heavy (non-hydrogen) atoms. The number of rotatable bonds is 2. The number of piperidine rings is 1. The van der Waals surface area contributed by atoms with Crippen molar-refractivity contribution < 1.29 is 14.7 Å². The minimum absolute atomic E-state index is 0.0587. The van der Waals surface area contributed by atoms with Crippen LogP contribution in [0, 0.1) is 0 Å². The molecule has 0 aromatic carbocycles. The van der Waals surface area contributed by atoms with E-state index in [9.17, 15) is 9.59 Å². The summed E-state index contributed by atoms with van der Waals surface area (Å²) in [6, 6.07) is -0.510. The first-order valence-electron chi connectivity index (χ1n) is 5.47. The van der Waals surface area contributed by atoms with Gasteiger partial charge in [0.05, 0.1) is 12.1 Å². The number of hydrogen-bond acceptors (Lipinski definition) is 3. The van der Waals surface area contributed by atoms with Crippen LogP contribution >= 0.6 is 0 Å². The fraction of sp³-hybridized carbons (Fsp3) is 0.800. The Labute approximate surface area is 88.4 Å². The Kier molecular flexibility index (Phi) is 2.90. The first kappa shape index (κ1) is 10.4. The van der Waals surface area contributed by atoms with Gasteiger partial charge in [-0.15, -0.1) is 0 Å². The predicted octanol–water partition coefficient (Wildman–Crippen LogP) is 0.450. The maximum atomic E-state index is 11.9. The number of hydrogen-bond donors (Lipinski definition) is 2. The van der Waals surface area contributed by atoms with Crippen molar-refractivity contribution in [3.63, 3.8) is 0 Å². The van der Waals surface area contributed by atoms with Gasteiger partial charge >= 0.3 is 6.09 Å². The molecule has 2 N–H and O–H groups in total. The number of carbonyl (C=O) groups is 2. The smallest absolute Gasteiger partial charge is 0.407 e. The minimum atomic E-state index is -0.976. The molecule has 0 saturated carbocycles. The molecule has 2 aliphatic rings. The quantitative estimate of drug-likeness (QED) is 0.697. The number of carbonyl (C=O) groups excluding carboxylic acids is 1. The molecule has 2 rings (SSSR count). The van der Waals surface area contributed by atoms with Gasteiger partial charge in [-0.1, -0.05) is 6.42 Å². The van der Waals surface area contributed by atoms with Gasteiger partial charge in [-0.2, -0.15) is 0 Å². The second kappa shape index (κ2) is 4.18. The molecule has 2 saturated heterocycles. The molecule has 0 radical (unpaired) electrons. The zero-order valence-corrected chi connectivity index (χ0v) is 8.61. The van der Waals surface area contributed by atoms with Crippen LogP contribution in [0.2, 0.25) is 0 Å². The van der Waals surface area contributed by atoms with E-state index in [1.165, 1.54) is 4.90 Å². The molecule has 0 aliphatic carbocycles. The number of amides is 1. The molecule has 0 aromatic heterocycles. The minimum Gasteiger partial charge on any atom is -0.465 e. The van der Waals surface area contributed by atoms with Gasteiger partial charge in [0.15, 0.2) is 5.78 Å². The van der Waals surface area contributed by atoms with Crippen molar-refractivity contribution >= 4 is 11.9 Å². The normalized spacial score (nSPS) is 30.8. The second-order valence-electron chi connectivity index (χ2n) is 4.19. The number of likely N-dealkylation sites (tertiary alicyclic amines) is 1. The van der Waals surface area contributed by atoms with E-state index in [-0.39, 0.29) is 11.8 Å². The van der Waals surface area contributed by atoms with Crippen molar-refractivity contribution in [3.05, 3.63) is 0 Å². The number of nitrogens with one attached hydrogen (secondary N) is 1. The summed E-state index contributed by atoms with van der Waals surface area (Å²) in [5, 5.41) is 12.0. The Balaban J connectivity index is 1.92. The average Bonchev–Trinajstić information content (AvgIpc) is 2.16.